The van der Waals surface area contributed by atoms with E-state index in [-0.39, 0.29) is 0 Å². The zero-order chi connectivity index (χ0) is 11.9. The van der Waals surface area contributed by atoms with Crippen molar-refractivity contribution in [3.8, 4) is 0 Å². The van der Waals surface area contributed by atoms with Crippen molar-refractivity contribution >= 4 is 11.8 Å². The number of hydrogen-bond acceptors (Lipinski definition) is 3. The third kappa shape index (κ3) is 4.00. The highest BCUT2D eigenvalue weighted by Gasteiger charge is 2.25. The minimum absolute atomic E-state index is 0.595. The van der Waals surface area contributed by atoms with Crippen molar-refractivity contribution < 1.29 is 0 Å². The zero-order valence-corrected chi connectivity index (χ0v) is 11.4. The lowest BCUT2D eigenvalue weighted by Crippen LogP contribution is -2.39. The Morgan fingerprint density at radius 3 is 3.12 bits per heavy atom. The molecule has 0 aliphatic carbocycles. The van der Waals surface area contributed by atoms with Crippen LogP contribution in [-0.2, 0) is 6.42 Å². The highest BCUT2D eigenvalue weighted by molar-refractivity contribution is 8.00. The van der Waals surface area contributed by atoms with Gasteiger partial charge in [-0.05, 0) is 43.7 Å². The third-order valence-corrected chi connectivity index (χ3v) is 4.74. The third-order valence-electron chi connectivity index (χ3n) is 3.23. The topological polar surface area (TPSA) is 24.9 Å². The van der Waals surface area contributed by atoms with Gasteiger partial charge in [-0.2, -0.15) is 11.8 Å². The number of hydrogen-bond donors (Lipinski definition) is 1. The van der Waals surface area contributed by atoms with Crippen LogP contribution in [0, 0.1) is 0 Å². The first-order chi connectivity index (χ1) is 8.40. The second kappa shape index (κ2) is 7.02. The van der Waals surface area contributed by atoms with Crippen molar-refractivity contribution in [2.75, 3.05) is 12.3 Å². The number of nitrogens with one attached hydrogen (secondary N) is 1. The van der Waals surface area contributed by atoms with Gasteiger partial charge < -0.3 is 5.32 Å². The first-order valence-electron chi connectivity index (χ1n) is 6.65. The van der Waals surface area contributed by atoms with Crippen molar-refractivity contribution in [2.24, 2.45) is 0 Å². The molecular weight excluding hydrogens is 228 g/mol. The van der Waals surface area contributed by atoms with Crippen LogP contribution in [0.2, 0.25) is 0 Å². The molecule has 0 spiro atoms. The molecule has 17 heavy (non-hydrogen) atoms. The van der Waals surface area contributed by atoms with E-state index in [0.29, 0.717) is 6.04 Å². The second-order valence-corrected chi connectivity index (χ2v) is 5.98. The van der Waals surface area contributed by atoms with Crippen LogP contribution in [0.4, 0.5) is 0 Å². The van der Waals surface area contributed by atoms with Crippen LogP contribution in [-0.4, -0.2) is 28.6 Å². The van der Waals surface area contributed by atoms with Crippen LogP contribution in [0.1, 0.15) is 31.9 Å². The summed E-state index contributed by atoms with van der Waals surface area (Å²) < 4.78 is 0. The maximum Gasteiger partial charge on any atom is 0.0419 e. The average molecular weight is 250 g/mol. The number of aromatic nitrogens is 1. The van der Waals surface area contributed by atoms with Gasteiger partial charge in [-0.3, -0.25) is 4.98 Å². The molecule has 1 aliphatic heterocycles. The van der Waals surface area contributed by atoms with E-state index in [1.165, 1.54) is 30.7 Å². The molecule has 2 rings (SSSR count). The van der Waals surface area contributed by atoms with Gasteiger partial charge in [0.25, 0.3) is 0 Å². The zero-order valence-electron chi connectivity index (χ0n) is 10.6. The van der Waals surface area contributed by atoms with Gasteiger partial charge in [0.15, 0.2) is 0 Å². The fourth-order valence-corrected chi connectivity index (χ4v) is 3.72. The molecule has 0 bridgehead atoms. The van der Waals surface area contributed by atoms with Gasteiger partial charge in [-0.15, -0.1) is 0 Å². The molecule has 3 heteroatoms. The fourth-order valence-electron chi connectivity index (χ4n) is 2.33. The molecule has 2 heterocycles. The Morgan fingerprint density at radius 1 is 1.53 bits per heavy atom. The molecule has 0 radical (unpaired) electrons. The normalized spacial score (nSPS) is 21.6. The summed E-state index contributed by atoms with van der Waals surface area (Å²) in [6.07, 6.45) is 6.91. The predicted molar refractivity (Wildman–Crippen MR) is 75.5 cm³/mol. The van der Waals surface area contributed by atoms with Gasteiger partial charge in [-0.25, -0.2) is 0 Å². The van der Waals surface area contributed by atoms with Crippen LogP contribution in [0.5, 0.6) is 0 Å². The number of rotatable bonds is 6. The van der Waals surface area contributed by atoms with Gasteiger partial charge in [0.1, 0.15) is 0 Å². The summed E-state index contributed by atoms with van der Waals surface area (Å²) in [6, 6.07) is 6.81. The molecule has 0 saturated carbocycles. The Morgan fingerprint density at radius 2 is 2.47 bits per heavy atom. The van der Waals surface area contributed by atoms with Crippen LogP contribution in [0.25, 0.3) is 0 Å². The van der Waals surface area contributed by atoms with Crippen molar-refractivity contribution in [3.63, 3.8) is 0 Å². The molecule has 1 saturated heterocycles. The highest BCUT2D eigenvalue weighted by Crippen LogP contribution is 2.29. The van der Waals surface area contributed by atoms with E-state index in [1.54, 1.807) is 0 Å². The molecule has 2 nitrogen and oxygen atoms in total. The Balaban J connectivity index is 1.94. The van der Waals surface area contributed by atoms with Crippen molar-refractivity contribution in [2.45, 2.75) is 43.9 Å². The van der Waals surface area contributed by atoms with E-state index >= 15 is 0 Å². The molecule has 1 N–H and O–H groups in total. The quantitative estimate of drug-likeness (QED) is 0.840. The van der Waals surface area contributed by atoms with Crippen LogP contribution in [0.3, 0.4) is 0 Å². The first kappa shape index (κ1) is 12.9. The minimum atomic E-state index is 0.595. The van der Waals surface area contributed by atoms with Gasteiger partial charge in [0.05, 0.1) is 0 Å². The lowest BCUT2D eigenvalue weighted by molar-refractivity contribution is 0.478. The molecule has 1 fully saturated rings. The van der Waals surface area contributed by atoms with Gasteiger partial charge in [0.2, 0.25) is 0 Å². The molecule has 2 unspecified atom stereocenters. The maximum atomic E-state index is 4.45. The summed E-state index contributed by atoms with van der Waals surface area (Å²) >= 11 is 2.13. The maximum absolute atomic E-state index is 4.45. The van der Waals surface area contributed by atoms with E-state index in [4.69, 9.17) is 0 Å². The second-order valence-electron chi connectivity index (χ2n) is 4.64. The van der Waals surface area contributed by atoms with E-state index in [9.17, 15) is 0 Å². The Hall–Kier alpha value is -0.540. The van der Waals surface area contributed by atoms with Crippen molar-refractivity contribution in [1.29, 1.82) is 0 Å². The van der Waals surface area contributed by atoms with E-state index in [0.717, 1.165) is 18.2 Å². The predicted octanol–water partition coefficient (Wildman–Crippen LogP) is 2.89. The molecule has 1 aromatic heterocycles. The van der Waals surface area contributed by atoms with Crippen molar-refractivity contribution in [1.82, 2.24) is 10.3 Å². The van der Waals surface area contributed by atoms with E-state index in [1.807, 2.05) is 12.3 Å². The average Bonchev–Trinajstić information content (AvgIpc) is 2.89. The number of nitrogens with zero attached hydrogens (tertiary/aromatic N) is 1. The lowest BCUT2D eigenvalue weighted by Gasteiger charge is -2.23. The molecule has 1 aromatic rings. The molecule has 1 aliphatic rings. The van der Waals surface area contributed by atoms with Crippen LogP contribution >= 0.6 is 11.8 Å². The minimum Gasteiger partial charge on any atom is -0.312 e. The Labute approximate surface area is 109 Å². The number of thioether (sulfide) groups is 1. The van der Waals surface area contributed by atoms with Gasteiger partial charge in [0, 0.05) is 29.6 Å². The highest BCUT2D eigenvalue weighted by atomic mass is 32.2. The number of pyridine rings is 1. The summed E-state index contributed by atoms with van der Waals surface area (Å²) in [5.74, 6) is 1.33. The largest absolute Gasteiger partial charge is 0.312 e. The van der Waals surface area contributed by atoms with Crippen molar-refractivity contribution in [3.05, 3.63) is 30.1 Å². The smallest absolute Gasteiger partial charge is 0.0419 e. The molecule has 2 atom stereocenters. The monoisotopic (exact) mass is 250 g/mol. The molecular formula is C14H22N2S. The SMILES string of the molecule is CCCNC(Cc1ccccn1)C1CCCS1. The Bertz CT molecular complexity index is 309. The van der Waals surface area contributed by atoms with Gasteiger partial charge in [-0.1, -0.05) is 13.0 Å². The summed E-state index contributed by atoms with van der Waals surface area (Å²) in [7, 11) is 0. The summed E-state index contributed by atoms with van der Waals surface area (Å²) in [5, 5.41) is 4.48. The molecule has 0 amide bonds. The molecule has 94 valence electrons. The van der Waals surface area contributed by atoms with Crippen LogP contribution in [0.15, 0.2) is 24.4 Å². The lowest BCUT2D eigenvalue weighted by atomic mass is 10.0. The Kier molecular flexibility index (Phi) is 5.33. The van der Waals surface area contributed by atoms with Crippen LogP contribution < -0.4 is 5.32 Å². The van der Waals surface area contributed by atoms with Gasteiger partial charge >= 0.3 is 0 Å². The first-order valence-corrected chi connectivity index (χ1v) is 7.70. The van der Waals surface area contributed by atoms with E-state index < -0.39 is 0 Å². The van der Waals surface area contributed by atoms with E-state index in [2.05, 4.69) is 41.1 Å². The summed E-state index contributed by atoms with van der Waals surface area (Å²) in [5.41, 5.74) is 1.22. The summed E-state index contributed by atoms with van der Waals surface area (Å²) in [4.78, 5) is 4.45. The standard InChI is InChI=1S/C14H22N2S/c1-2-8-16-13(14-7-5-10-17-14)11-12-6-3-4-9-15-12/h3-4,6,9,13-14,16H,2,5,7-8,10-11H2,1H3. The molecule has 0 aromatic carbocycles. The fraction of sp³-hybridized carbons (Fsp3) is 0.643. The summed E-state index contributed by atoms with van der Waals surface area (Å²) in [6.45, 7) is 3.35.